The molecule has 0 unspecified atom stereocenters. The van der Waals surface area contributed by atoms with E-state index in [4.69, 9.17) is 16.3 Å². The molecule has 2 aromatic rings. The monoisotopic (exact) mass is 426 g/mol. The summed E-state index contributed by atoms with van der Waals surface area (Å²) >= 11 is 5.94. The van der Waals surface area contributed by atoms with Crippen molar-refractivity contribution in [2.24, 2.45) is 0 Å². The first kappa shape index (κ1) is 20.6. The van der Waals surface area contributed by atoms with Gasteiger partial charge in [-0.15, -0.1) is 0 Å². The van der Waals surface area contributed by atoms with Gasteiger partial charge in [-0.2, -0.15) is 4.31 Å². The second-order valence-corrected chi connectivity index (χ2v) is 8.75. The molecular weight excluding hydrogens is 407 g/mol. The van der Waals surface area contributed by atoms with E-state index in [0.29, 0.717) is 18.8 Å². The largest absolute Gasteiger partial charge is 0.495 e. The Hall–Kier alpha value is -2.16. The number of amides is 1. The predicted molar refractivity (Wildman–Crippen MR) is 105 cm³/mol. The van der Waals surface area contributed by atoms with Gasteiger partial charge in [0.1, 0.15) is 11.6 Å². The highest BCUT2D eigenvalue weighted by atomic mass is 35.5. The molecule has 1 N–H and O–H groups in total. The summed E-state index contributed by atoms with van der Waals surface area (Å²) in [4.78, 5) is 12.6. The predicted octanol–water partition coefficient (Wildman–Crippen LogP) is 3.91. The Labute approximate surface area is 168 Å². The minimum Gasteiger partial charge on any atom is -0.495 e. The maximum atomic E-state index is 13.2. The van der Waals surface area contributed by atoms with Crippen LogP contribution in [0.4, 0.5) is 10.1 Å². The van der Waals surface area contributed by atoms with Crippen LogP contribution in [0.15, 0.2) is 41.3 Å². The number of nitrogens with one attached hydrogen (secondary N) is 1. The third-order valence-corrected chi connectivity index (χ3v) is 6.76. The number of ether oxygens (including phenoxy) is 1. The first-order chi connectivity index (χ1) is 13.3. The molecule has 1 heterocycles. The van der Waals surface area contributed by atoms with Crippen LogP contribution in [0.3, 0.4) is 0 Å². The molecule has 0 saturated carbocycles. The fourth-order valence-electron chi connectivity index (χ4n) is 3.06. The van der Waals surface area contributed by atoms with Crippen LogP contribution in [-0.2, 0) is 10.0 Å². The van der Waals surface area contributed by atoms with Gasteiger partial charge in [-0.05, 0) is 49.2 Å². The van der Waals surface area contributed by atoms with Crippen molar-refractivity contribution in [3.63, 3.8) is 0 Å². The maximum absolute atomic E-state index is 13.2. The van der Waals surface area contributed by atoms with E-state index >= 15 is 0 Å². The molecule has 3 rings (SSSR count). The van der Waals surface area contributed by atoms with Crippen LogP contribution in [0.5, 0.6) is 5.75 Å². The Kier molecular flexibility index (Phi) is 6.22. The molecule has 1 aliphatic rings. The maximum Gasteiger partial charge on any atom is 0.257 e. The van der Waals surface area contributed by atoms with Gasteiger partial charge in [0, 0.05) is 13.1 Å². The summed E-state index contributed by atoms with van der Waals surface area (Å²) in [7, 11) is -2.26. The first-order valence-corrected chi connectivity index (χ1v) is 10.6. The molecule has 0 aromatic heterocycles. The molecule has 0 aliphatic carbocycles. The fraction of sp³-hybridized carbons (Fsp3) is 0.316. The van der Waals surface area contributed by atoms with E-state index in [0.717, 1.165) is 31.4 Å². The molecule has 1 amide bonds. The highest BCUT2D eigenvalue weighted by Crippen LogP contribution is 2.31. The zero-order valence-electron chi connectivity index (χ0n) is 15.2. The van der Waals surface area contributed by atoms with Crippen LogP contribution < -0.4 is 10.1 Å². The summed E-state index contributed by atoms with van der Waals surface area (Å²) < 4.78 is 45.7. The standard InChI is InChI=1S/C19H20ClFN2O4S/c1-27-18-8-6-14(28(25,26)23-9-3-2-4-10-23)12-17(18)22-19(24)15-7-5-13(21)11-16(15)20/h5-8,11-12H,2-4,9-10H2,1H3,(H,22,24). The number of methoxy groups -OCH3 is 1. The Morgan fingerprint density at radius 3 is 2.50 bits per heavy atom. The normalized spacial score (nSPS) is 15.2. The summed E-state index contributed by atoms with van der Waals surface area (Å²) in [6.45, 7) is 0.947. The lowest BCUT2D eigenvalue weighted by Gasteiger charge is -2.26. The number of hydrogen-bond acceptors (Lipinski definition) is 4. The van der Waals surface area contributed by atoms with Gasteiger partial charge in [-0.25, -0.2) is 12.8 Å². The number of halogens is 2. The average molecular weight is 427 g/mol. The van der Waals surface area contributed by atoms with E-state index in [2.05, 4.69) is 5.32 Å². The zero-order chi connectivity index (χ0) is 20.3. The number of piperidine rings is 1. The summed E-state index contributed by atoms with van der Waals surface area (Å²) in [6, 6.07) is 7.70. The van der Waals surface area contributed by atoms with Gasteiger partial charge in [-0.3, -0.25) is 4.79 Å². The molecule has 6 nitrogen and oxygen atoms in total. The molecule has 0 spiro atoms. The van der Waals surface area contributed by atoms with Crippen molar-refractivity contribution in [2.45, 2.75) is 24.2 Å². The van der Waals surface area contributed by atoms with Gasteiger partial charge >= 0.3 is 0 Å². The number of hydrogen-bond donors (Lipinski definition) is 1. The van der Waals surface area contributed by atoms with E-state index < -0.39 is 21.7 Å². The number of benzene rings is 2. The topological polar surface area (TPSA) is 75.7 Å². The number of anilines is 1. The number of rotatable bonds is 5. The second-order valence-electron chi connectivity index (χ2n) is 6.41. The van der Waals surface area contributed by atoms with Crippen molar-refractivity contribution in [2.75, 3.05) is 25.5 Å². The minimum atomic E-state index is -3.67. The van der Waals surface area contributed by atoms with Crippen LogP contribution in [0.2, 0.25) is 5.02 Å². The smallest absolute Gasteiger partial charge is 0.257 e. The first-order valence-electron chi connectivity index (χ1n) is 8.77. The van der Waals surface area contributed by atoms with E-state index in [-0.39, 0.29) is 21.2 Å². The van der Waals surface area contributed by atoms with Crippen molar-refractivity contribution in [3.05, 3.63) is 52.8 Å². The Bertz CT molecular complexity index is 991. The van der Waals surface area contributed by atoms with E-state index in [9.17, 15) is 17.6 Å². The summed E-state index contributed by atoms with van der Waals surface area (Å²) in [5.74, 6) is -0.867. The van der Waals surface area contributed by atoms with Gasteiger partial charge in [0.2, 0.25) is 10.0 Å². The third kappa shape index (κ3) is 4.29. The zero-order valence-corrected chi connectivity index (χ0v) is 16.8. The van der Waals surface area contributed by atoms with Crippen LogP contribution in [-0.4, -0.2) is 38.8 Å². The van der Waals surface area contributed by atoms with Gasteiger partial charge in [0.25, 0.3) is 5.91 Å². The molecule has 1 fully saturated rings. The average Bonchev–Trinajstić information content (AvgIpc) is 2.68. The van der Waals surface area contributed by atoms with Gasteiger partial charge in [0.15, 0.2) is 0 Å². The van der Waals surface area contributed by atoms with Crippen molar-refractivity contribution in [1.82, 2.24) is 4.31 Å². The van der Waals surface area contributed by atoms with Crippen molar-refractivity contribution in [3.8, 4) is 5.75 Å². The Morgan fingerprint density at radius 1 is 1.14 bits per heavy atom. The van der Waals surface area contributed by atoms with Crippen LogP contribution in [0.1, 0.15) is 29.6 Å². The van der Waals surface area contributed by atoms with E-state index in [1.807, 2.05) is 0 Å². The molecule has 0 atom stereocenters. The SMILES string of the molecule is COc1ccc(S(=O)(=O)N2CCCCC2)cc1NC(=O)c1ccc(F)cc1Cl. The lowest BCUT2D eigenvalue weighted by Crippen LogP contribution is -2.35. The molecule has 0 radical (unpaired) electrons. The number of carbonyl (C=O) groups excluding carboxylic acids is 1. The summed E-state index contributed by atoms with van der Waals surface area (Å²) in [6.07, 6.45) is 2.65. The highest BCUT2D eigenvalue weighted by molar-refractivity contribution is 7.89. The molecule has 1 aliphatic heterocycles. The molecule has 1 saturated heterocycles. The number of nitrogens with zero attached hydrogens (tertiary/aromatic N) is 1. The summed E-state index contributed by atoms with van der Waals surface area (Å²) in [5, 5.41) is 2.55. The third-order valence-electron chi connectivity index (χ3n) is 4.55. The molecule has 2 aromatic carbocycles. The molecule has 9 heteroatoms. The van der Waals surface area contributed by atoms with Crippen LogP contribution in [0.25, 0.3) is 0 Å². The molecule has 150 valence electrons. The molecule has 28 heavy (non-hydrogen) atoms. The highest BCUT2D eigenvalue weighted by Gasteiger charge is 2.27. The van der Waals surface area contributed by atoms with Gasteiger partial charge in [0.05, 0.1) is 28.3 Å². The van der Waals surface area contributed by atoms with Gasteiger partial charge < -0.3 is 10.1 Å². The lowest BCUT2D eigenvalue weighted by molar-refractivity contribution is 0.102. The van der Waals surface area contributed by atoms with Crippen LogP contribution in [0, 0.1) is 5.82 Å². The summed E-state index contributed by atoms with van der Waals surface area (Å²) in [5.41, 5.74) is 0.250. The van der Waals surface area contributed by atoms with E-state index in [1.54, 1.807) is 0 Å². The van der Waals surface area contributed by atoms with Crippen molar-refractivity contribution in [1.29, 1.82) is 0 Å². The molecular formula is C19H20ClFN2O4S. The van der Waals surface area contributed by atoms with Crippen LogP contribution >= 0.6 is 11.6 Å². The van der Waals surface area contributed by atoms with Crippen molar-refractivity contribution < 1.29 is 22.3 Å². The minimum absolute atomic E-state index is 0.0476. The quantitative estimate of drug-likeness (QED) is 0.786. The van der Waals surface area contributed by atoms with Gasteiger partial charge in [-0.1, -0.05) is 18.0 Å². The van der Waals surface area contributed by atoms with Crippen molar-refractivity contribution >= 4 is 33.2 Å². The second kappa shape index (κ2) is 8.46. The van der Waals surface area contributed by atoms with E-state index in [1.165, 1.54) is 35.7 Å². The lowest BCUT2D eigenvalue weighted by atomic mass is 10.2. The number of sulfonamides is 1. The number of carbonyl (C=O) groups is 1. The Balaban J connectivity index is 1.92. The fourth-order valence-corrected chi connectivity index (χ4v) is 4.86. The Morgan fingerprint density at radius 2 is 1.86 bits per heavy atom. The molecule has 0 bridgehead atoms.